The largest absolute Gasteiger partial charge is 0.463 e. The number of fused-ring (bicyclic) bond motifs is 1. The van der Waals surface area contributed by atoms with Crippen LogP contribution in [0.15, 0.2) is 0 Å². The van der Waals surface area contributed by atoms with Crippen LogP contribution in [0.3, 0.4) is 0 Å². The lowest BCUT2D eigenvalue weighted by atomic mass is 9.75. The lowest BCUT2D eigenvalue weighted by Gasteiger charge is -2.27. The van der Waals surface area contributed by atoms with E-state index in [2.05, 4.69) is 6.07 Å². The Morgan fingerprint density at radius 2 is 2.11 bits per heavy atom. The van der Waals surface area contributed by atoms with E-state index in [1.54, 1.807) is 13.8 Å². The molecular weight excluding hydrogens is 354 g/mol. The number of carbonyl (C=O) groups is 3. The standard InChI is InChI=1S/C19H25NO7/c1-4-18(2,3)16(22)25-6-5-24-9-13(21)26-14-11-7-12-15(14)27-17(23)19(12,8-11)10-20/h11-12,14-15H,4-9H2,1-3H3. The molecular formula is C19H25NO7. The highest BCUT2D eigenvalue weighted by Gasteiger charge is 2.72. The first-order valence-electron chi connectivity index (χ1n) is 9.32. The first-order chi connectivity index (χ1) is 12.7. The van der Waals surface area contributed by atoms with Gasteiger partial charge in [0.25, 0.3) is 0 Å². The quantitative estimate of drug-likeness (QED) is 0.353. The molecule has 0 aromatic carbocycles. The van der Waals surface area contributed by atoms with E-state index in [0.29, 0.717) is 19.3 Å². The van der Waals surface area contributed by atoms with Gasteiger partial charge in [-0.1, -0.05) is 6.92 Å². The zero-order valence-corrected chi connectivity index (χ0v) is 15.9. The molecule has 0 spiro atoms. The zero-order chi connectivity index (χ0) is 19.8. The third kappa shape index (κ3) is 3.29. The molecule has 8 nitrogen and oxygen atoms in total. The second-order valence-corrected chi connectivity index (χ2v) is 8.14. The van der Waals surface area contributed by atoms with Crippen LogP contribution in [-0.2, 0) is 33.3 Å². The van der Waals surface area contributed by atoms with E-state index in [0.717, 1.165) is 0 Å². The molecule has 0 N–H and O–H groups in total. The van der Waals surface area contributed by atoms with Gasteiger partial charge < -0.3 is 18.9 Å². The molecule has 0 amide bonds. The summed E-state index contributed by atoms with van der Waals surface area (Å²) in [4.78, 5) is 35.9. The van der Waals surface area contributed by atoms with E-state index < -0.39 is 35.0 Å². The maximum atomic E-state index is 12.0. The fourth-order valence-electron chi connectivity index (χ4n) is 4.16. The average Bonchev–Trinajstić information content (AvgIpc) is 3.23. The predicted octanol–water partition coefficient (Wildman–Crippen LogP) is 1.37. The number of carbonyl (C=O) groups excluding carboxylic acids is 3. The van der Waals surface area contributed by atoms with Crippen LogP contribution in [0.4, 0.5) is 0 Å². The number of nitriles is 1. The van der Waals surface area contributed by atoms with Crippen molar-refractivity contribution in [3.63, 3.8) is 0 Å². The highest BCUT2D eigenvalue weighted by atomic mass is 16.6. The Morgan fingerprint density at radius 3 is 2.78 bits per heavy atom. The molecule has 2 saturated carbocycles. The monoisotopic (exact) mass is 379 g/mol. The molecule has 3 aliphatic rings. The molecule has 1 saturated heterocycles. The van der Waals surface area contributed by atoms with Gasteiger partial charge in [0.2, 0.25) is 0 Å². The molecule has 3 rings (SSSR count). The summed E-state index contributed by atoms with van der Waals surface area (Å²) in [5.41, 5.74) is -1.59. The summed E-state index contributed by atoms with van der Waals surface area (Å²) in [6.45, 7) is 5.40. The molecule has 1 heterocycles. The zero-order valence-electron chi connectivity index (χ0n) is 15.9. The van der Waals surface area contributed by atoms with Gasteiger partial charge in [0.1, 0.15) is 25.4 Å². The Hall–Kier alpha value is -2.14. The minimum absolute atomic E-state index is 0.0349. The molecule has 0 radical (unpaired) electrons. The van der Waals surface area contributed by atoms with Crippen molar-refractivity contribution < 1.29 is 33.3 Å². The van der Waals surface area contributed by atoms with Gasteiger partial charge >= 0.3 is 17.9 Å². The summed E-state index contributed by atoms with van der Waals surface area (Å²) in [5, 5.41) is 9.36. The van der Waals surface area contributed by atoms with E-state index in [9.17, 15) is 19.6 Å². The third-order valence-corrected chi connectivity index (χ3v) is 6.15. The van der Waals surface area contributed by atoms with Crippen LogP contribution in [0.25, 0.3) is 0 Å². The second-order valence-electron chi connectivity index (χ2n) is 8.14. The highest BCUT2D eigenvalue weighted by molar-refractivity contribution is 5.84. The molecule has 0 aromatic rings. The smallest absolute Gasteiger partial charge is 0.332 e. The van der Waals surface area contributed by atoms with Crippen LogP contribution in [-0.4, -0.2) is 49.9 Å². The van der Waals surface area contributed by atoms with Crippen LogP contribution < -0.4 is 0 Å². The average molecular weight is 379 g/mol. The molecule has 3 fully saturated rings. The number of nitrogens with zero attached hydrogens (tertiary/aromatic N) is 1. The van der Waals surface area contributed by atoms with Crippen molar-refractivity contribution in [1.82, 2.24) is 0 Å². The summed E-state index contributed by atoms with van der Waals surface area (Å²) >= 11 is 0. The van der Waals surface area contributed by atoms with E-state index >= 15 is 0 Å². The predicted molar refractivity (Wildman–Crippen MR) is 89.9 cm³/mol. The Morgan fingerprint density at radius 1 is 1.37 bits per heavy atom. The molecule has 148 valence electrons. The Balaban J connectivity index is 1.39. The van der Waals surface area contributed by atoms with Crippen molar-refractivity contribution in [2.45, 2.75) is 52.2 Å². The SMILES string of the molecule is CCC(C)(C)C(=O)OCCOCC(=O)OC1C2CC3C1OC(=O)C3(C#N)C2. The van der Waals surface area contributed by atoms with E-state index in [-0.39, 0.29) is 37.6 Å². The molecule has 2 bridgehead atoms. The number of hydrogen-bond donors (Lipinski definition) is 0. The van der Waals surface area contributed by atoms with Gasteiger partial charge in [0, 0.05) is 11.8 Å². The molecule has 5 atom stereocenters. The van der Waals surface area contributed by atoms with Gasteiger partial charge in [-0.2, -0.15) is 5.26 Å². The van der Waals surface area contributed by atoms with Crippen molar-refractivity contribution in [1.29, 1.82) is 5.26 Å². The van der Waals surface area contributed by atoms with E-state index in [4.69, 9.17) is 18.9 Å². The Labute approximate surface area is 158 Å². The summed E-state index contributed by atoms with van der Waals surface area (Å²) in [5.74, 6) is -1.58. The summed E-state index contributed by atoms with van der Waals surface area (Å²) in [6, 6.07) is 2.11. The number of hydrogen-bond acceptors (Lipinski definition) is 8. The van der Waals surface area contributed by atoms with Gasteiger partial charge in [-0.3, -0.25) is 9.59 Å². The maximum Gasteiger partial charge on any atom is 0.332 e. The van der Waals surface area contributed by atoms with E-state index in [1.807, 2.05) is 6.92 Å². The fraction of sp³-hybridized carbons (Fsp3) is 0.789. The second kappa shape index (κ2) is 7.12. The Kier molecular flexibility index (Phi) is 5.17. The van der Waals surface area contributed by atoms with Gasteiger partial charge in [0.05, 0.1) is 18.1 Å². The van der Waals surface area contributed by atoms with Crippen molar-refractivity contribution in [3.8, 4) is 6.07 Å². The van der Waals surface area contributed by atoms with Gasteiger partial charge in [-0.15, -0.1) is 0 Å². The van der Waals surface area contributed by atoms with E-state index in [1.165, 1.54) is 0 Å². The normalized spacial score (nSPS) is 33.5. The van der Waals surface area contributed by atoms with Crippen LogP contribution in [0.1, 0.15) is 40.0 Å². The van der Waals surface area contributed by atoms with Gasteiger partial charge in [-0.05, 0) is 33.1 Å². The summed E-state index contributed by atoms with van der Waals surface area (Å²) < 4.78 is 21.1. The topological polar surface area (TPSA) is 112 Å². The lowest BCUT2D eigenvalue weighted by molar-refractivity contribution is -0.167. The molecule has 0 aromatic heterocycles. The van der Waals surface area contributed by atoms with Gasteiger partial charge in [0.15, 0.2) is 5.41 Å². The Bertz CT molecular complexity index is 682. The minimum atomic E-state index is -1.05. The van der Waals surface area contributed by atoms with Gasteiger partial charge in [-0.25, -0.2) is 4.79 Å². The van der Waals surface area contributed by atoms with Crippen molar-refractivity contribution in [2.75, 3.05) is 19.8 Å². The van der Waals surface area contributed by atoms with Crippen molar-refractivity contribution in [3.05, 3.63) is 0 Å². The molecule has 27 heavy (non-hydrogen) atoms. The number of esters is 3. The summed E-state index contributed by atoms with van der Waals surface area (Å²) in [7, 11) is 0. The first-order valence-corrected chi connectivity index (χ1v) is 9.32. The molecule has 5 unspecified atom stereocenters. The number of rotatable bonds is 8. The maximum absolute atomic E-state index is 12.0. The third-order valence-electron chi connectivity index (χ3n) is 6.15. The molecule has 1 aliphatic heterocycles. The van der Waals surface area contributed by atoms with Crippen LogP contribution >= 0.6 is 0 Å². The summed E-state index contributed by atoms with van der Waals surface area (Å²) in [6.07, 6.45) is 0.665. The first kappa shape index (κ1) is 19.6. The van der Waals surface area contributed by atoms with Crippen LogP contribution in [0.2, 0.25) is 0 Å². The highest BCUT2D eigenvalue weighted by Crippen LogP contribution is 2.62. The molecule has 8 heteroatoms. The minimum Gasteiger partial charge on any atom is -0.463 e. The van der Waals surface area contributed by atoms with Crippen LogP contribution in [0, 0.1) is 34.0 Å². The molecule has 2 aliphatic carbocycles. The van der Waals surface area contributed by atoms with Crippen LogP contribution in [0.5, 0.6) is 0 Å². The van der Waals surface area contributed by atoms with Crippen molar-refractivity contribution >= 4 is 17.9 Å². The lowest BCUT2D eigenvalue weighted by Crippen LogP contribution is -2.40. The van der Waals surface area contributed by atoms with Crippen molar-refractivity contribution in [2.24, 2.45) is 22.7 Å². The fourth-order valence-corrected chi connectivity index (χ4v) is 4.16. The number of ether oxygens (including phenoxy) is 4.